The van der Waals surface area contributed by atoms with Crippen molar-refractivity contribution in [1.82, 2.24) is 30.1 Å². The lowest BCUT2D eigenvalue weighted by molar-refractivity contribution is 0.242. The molecular formula is C14H20ClN7O. The molecule has 0 amide bonds. The smallest absolute Gasteiger partial charge is 0.285 e. The summed E-state index contributed by atoms with van der Waals surface area (Å²) in [6.45, 7) is 9.10. The van der Waals surface area contributed by atoms with Crippen molar-refractivity contribution in [1.29, 1.82) is 0 Å². The maximum Gasteiger partial charge on any atom is 0.285 e. The van der Waals surface area contributed by atoms with Crippen molar-refractivity contribution < 1.29 is 0 Å². The molecule has 0 bridgehead atoms. The summed E-state index contributed by atoms with van der Waals surface area (Å²) in [5, 5.41) is 14.7. The van der Waals surface area contributed by atoms with E-state index in [2.05, 4.69) is 37.2 Å². The summed E-state index contributed by atoms with van der Waals surface area (Å²) < 4.78 is 1.94. The predicted molar refractivity (Wildman–Crippen MR) is 87.8 cm³/mol. The van der Waals surface area contributed by atoms with Gasteiger partial charge in [0.05, 0.1) is 23.3 Å². The topological polar surface area (TPSA) is 82.9 Å². The van der Waals surface area contributed by atoms with Gasteiger partial charge in [-0.2, -0.15) is 5.10 Å². The lowest BCUT2D eigenvalue weighted by Gasteiger charge is -2.36. The third kappa shape index (κ3) is 3.23. The maximum absolute atomic E-state index is 11.6. The molecule has 23 heavy (non-hydrogen) atoms. The predicted octanol–water partition coefficient (Wildman–Crippen LogP) is 0.665. The van der Waals surface area contributed by atoms with E-state index < -0.39 is 0 Å². The monoisotopic (exact) mass is 337 g/mol. The number of nitrogens with one attached hydrogen (secondary N) is 1. The second-order valence-electron chi connectivity index (χ2n) is 5.60. The molecule has 8 nitrogen and oxygen atoms in total. The summed E-state index contributed by atoms with van der Waals surface area (Å²) in [5.41, 5.74) is 2.50. The van der Waals surface area contributed by atoms with E-state index in [1.807, 2.05) is 11.6 Å². The molecule has 2 aromatic heterocycles. The van der Waals surface area contributed by atoms with Gasteiger partial charge in [-0.15, -0.1) is 5.10 Å². The van der Waals surface area contributed by atoms with Gasteiger partial charge in [0.2, 0.25) is 0 Å². The molecule has 0 atom stereocenters. The average molecular weight is 338 g/mol. The van der Waals surface area contributed by atoms with Crippen LogP contribution in [0.2, 0.25) is 5.02 Å². The number of aromatic nitrogens is 5. The molecule has 2 aromatic rings. The van der Waals surface area contributed by atoms with Crippen molar-refractivity contribution in [2.24, 2.45) is 0 Å². The van der Waals surface area contributed by atoms with Crippen LogP contribution in [0.15, 0.2) is 11.0 Å². The summed E-state index contributed by atoms with van der Waals surface area (Å²) in [6.07, 6.45) is 1.61. The summed E-state index contributed by atoms with van der Waals surface area (Å²) in [5.74, 6) is 0. The zero-order valence-electron chi connectivity index (χ0n) is 13.3. The first-order chi connectivity index (χ1) is 11.1. The fourth-order valence-corrected chi connectivity index (χ4v) is 3.03. The molecule has 0 saturated carbocycles. The molecule has 1 aliphatic rings. The van der Waals surface area contributed by atoms with Crippen molar-refractivity contribution in [3.63, 3.8) is 0 Å². The highest BCUT2D eigenvalue weighted by atomic mass is 35.5. The molecular weight excluding hydrogens is 318 g/mol. The molecule has 1 aliphatic heterocycles. The lowest BCUT2D eigenvalue weighted by atomic mass is 10.2. The zero-order chi connectivity index (χ0) is 16.4. The molecule has 0 spiro atoms. The summed E-state index contributed by atoms with van der Waals surface area (Å²) in [7, 11) is 0. The molecule has 9 heteroatoms. The minimum Gasteiger partial charge on any atom is -0.366 e. The highest BCUT2D eigenvalue weighted by Crippen LogP contribution is 2.22. The van der Waals surface area contributed by atoms with E-state index in [-0.39, 0.29) is 10.6 Å². The molecule has 124 valence electrons. The number of anilines is 1. The summed E-state index contributed by atoms with van der Waals surface area (Å²) in [4.78, 5) is 16.0. The van der Waals surface area contributed by atoms with E-state index >= 15 is 0 Å². The molecule has 1 saturated heterocycles. The van der Waals surface area contributed by atoms with E-state index in [0.717, 1.165) is 50.7 Å². The van der Waals surface area contributed by atoms with Crippen LogP contribution in [-0.4, -0.2) is 56.3 Å². The number of nitrogens with zero attached hydrogens (tertiary/aromatic N) is 6. The van der Waals surface area contributed by atoms with Crippen LogP contribution in [0.4, 0.5) is 5.69 Å². The zero-order valence-corrected chi connectivity index (χ0v) is 14.0. The van der Waals surface area contributed by atoms with E-state index in [4.69, 9.17) is 11.6 Å². The van der Waals surface area contributed by atoms with Gasteiger partial charge in [-0.05, 0) is 13.8 Å². The summed E-state index contributed by atoms with van der Waals surface area (Å²) >= 11 is 6.08. The van der Waals surface area contributed by atoms with Gasteiger partial charge in [0.25, 0.3) is 5.56 Å². The van der Waals surface area contributed by atoms with Crippen LogP contribution >= 0.6 is 11.6 Å². The second-order valence-corrected chi connectivity index (χ2v) is 5.98. The van der Waals surface area contributed by atoms with Crippen LogP contribution in [-0.2, 0) is 13.1 Å². The first-order valence-corrected chi connectivity index (χ1v) is 8.07. The molecule has 0 aliphatic carbocycles. The highest BCUT2D eigenvalue weighted by molar-refractivity contribution is 6.32. The van der Waals surface area contributed by atoms with Crippen molar-refractivity contribution >= 4 is 17.3 Å². The van der Waals surface area contributed by atoms with Crippen LogP contribution in [0.3, 0.4) is 0 Å². The maximum atomic E-state index is 11.6. The van der Waals surface area contributed by atoms with Crippen LogP contribution in [0.1, 0.15) is 18.3 Å². The Kier molecular flexibility index (Phi) is 4.63. The van der Waals surface area contributed by atoms with E-state index in [1.165, 1.54) is 0 Å². The van der Waals surface area contributed by atoms with Crippen molar-refractivity contribution in [3.8, 4) is 0 Å². The number of aryl methyl sites for hydroxylation is 2. The highest BCUT2D eigenvalue weighted by Gasteiger charge is 2.22. The van der Waals surface area contributed by atoms with Gasteiger partial charge in [0.15, 0.2) is 0 Å². The molecule has 3 heterocycles. The van der Waals surface area contributed by atoms with Gasteiger partial charge in [-0.3, -0.25) is 9.69 Å². The van der Waals surface area contributed by atoms with Gasteiger partial charge in [-0.25, -0.2) is 9.78 Å². The summed E-state index contributed by atoms with van der Waals surface area (Å²) in [6, 6.07) is 0. The minimum absolute atomic E-state index is 0.206. The largest absolute Gasteiger partial charge is 0.366 e. The SMILES string of the molecule is CCn1nnc(C)c1CN1CCN(c2cn[nH]c(=O)c2Cl)CC1. The molecule has 3 rings (SSSR count). The fourth-order valence-electron chi connectivity index (χ4n) is 2.82. The number of hydrogen-bond donors (Lipinski definition) is 1. The molecule has 0 unspecified atom stereocenters. The lowest BCUT2D eigenvalue weighted by Crippen LogP contribution is -2.46. The Morgan fingerprint density at radius 2 is 2.04 bits per heavy atom. The number of hydrogen-bond acceptors (Lipinski definition) is 6. The number of aromatic amines is 1. The molecule has 0 aromatic carbocycles. The van der Waals surface area contributed by atoms with E-state index in [9.17, 15) is 4.79 Å². The Balaban J connectivity index is 1.66. The number of halogens is 1. The average Bonchev–Trinajstić information content (AvgIpc) is 2.91. The van der Waals surface area contributed by atoms with Crippen LogP contribution in [0.5, 0.6) is 0 Å². The van der Waals surface area contributed by atoms with E-state index in [1.54, 1.807) is 6.20 Å². The van der Waals surface area contributed by atoms with Crippen LogP contribution in [0, 0.1) is 6.92 Å². The third-order valence-electron chi connectivity index (χ3n) is 4.19. The number of piperazine rings is 1. The Morgan fingerprint density at radius 1 is 1.30 bits per heavy atom. The first-order valence-electron chi connectivity index (χ1n) is 7.69. The van der Waals surface area contributed by atoms with Gasteiger partial charge in [0.1, 0.15) is 5.02 Å². The molecule has 1 N–H and O–H groups in total. The number of rotatable bonds is 4. The fraction of sp³-hybridized carbons (Fsp3) is 0.571. The van der Waals surface area contributed by atoms with Crippen LogP contribution < -0.4 is 10.5 Å². The van der Waals surface area contributed by atoms with Gasteiger partial charge in [0, 0.05) is 39.3 Å². The third-order valence-corrected chi connectivity index (χ3v) is 4.56. The van der Waals surface area contributed by atoms with Crippen molar-refractivity contribution in [2.75, 3.05) is 31.1 Å². The van der Waals surface area contributed by atoms with Crippen molar-refractivity contribution in [2.45, 2.75) is 26.9 Å². The van der Waals surface area contributed by atoms with Gasteiger partial charge < -0.3 is 4.90 Å². The first kappa shape index (κ1) is 15.9. The normalized spacial score (nSPS) is 16.0. The Hall–Kier alpha value is -1.93. The Morgan fingerprint density at radius 3 is 2.74 bits per heavy atom. The Bertz CT molecular complexity index is 733. The standard InChI is InChI=1S/C14H20ClN7O/c1-3-22-12(10(2)17-19-22)9-20-4-6-21(7-5-20)11-8-16-18-14(23)13(11)15/h8H,3-7,9H2,1-2H3,(H,18,23). The van der Waals surface area contributed by atoms with Crippen LogP contribution in [0.25, 0.3) is 0 Å². The Labute approximate surface area is 139 Å². The second kappa shape index (κ2) is 6.67. The van der Waals surface area contributed by atoms with E-state index in [0.29, 0.717) is 5.69 Å². The quantitative estimate of drug-likeness (QED) is 0.882. The molecule has 0 radical (unpaired) electrons. The number of H-pyrrole nitrogens is 1. The minimum atomic E-state index is -0.347. The van der Waals surface area contributed by atoms with Crippen molar-refractivity contribution in [3.05, 3.63) is 33.0 Å². The molecule has 1 fully saturated rings. The van der Waals surface area contributed by atoms with Gasteiger partial charge >= 0.3 is 0 Å². The van der Waals surface area contributed by atoms with Gasteiger partial charge in [-0.1, -0.05) is 16.8 Å².